The summed E-state index contributed by atoms with van der Waals surface area (Å²) in [5.74, 6) is 1.40. The van der Waals surface area contributed by atoms with E-state index < -0.39 is 20.8 Å². The first-order valence-electron chi connectivity index (χ1n) is 16.2. The fraction of sp³-hybridized carbons (Fsp3) is 0.286. The van der Waals surface area contributed by atoms with Crippen LogP contribution < -0.4 is 0 Å². The predicted octanol–water partition coefficient (Wildman–Crippen LogP) is 13.6. The molecule has 0 heterocycles. The number of rotatable bonds is 6. The van der Waals surface area contributed by atoms with E-state index >= 15 is 0 Å². The second-order valence-electron chi connectivity index (χ2n) is 12.7. The van der Waals surface area contributed by atoms with Crippen LogP contribution >= 0.6 is 17.0 Å². The van der Waals surface area contributed by atoms with Gasteiger partial charge in [-0.3, -0.25) is 0 Å². The van der Waals surface area contributed by atoms with E-state index in [-0.39, 0.29) is 0 Å². The molecule has 0 atom stereocenters. The molecule has 0 saturated heterocycles. The van der Waals surface area contributed by atoms with Crippen molar-refractivity contribution >= 4 is 48.1 Å². The third-order valence-corrected chi connectivity index (χ3v) is 7.73. The van der Waals surface area contributed by atoms with Gasteiger partial charge in [-0.2, -0.15) is 12.1 Å². The van der Waals surface area contributed by atoms with Gasteiger partial charge in [0, 0.05) is 9.52 Å². The van der Waals surface area contributed by atoms with E-state index in [1.807, 2.05) is 0 Å². The molecule has 0 saturated carbocycles. The molecule has 0 aromatic heterocycles. The fourth-order valence-electron chi connectivity index (χ4n) is 6.06. The molecule has 0 unspecified atom stereocenters. The molecule has 0 bridgehead atoms. The number of hydrogen-bond acceptors (Lipinski definition) is 0. The Balaban J connectivity index is 0.000000214. The molecule has 0 amide bonds. The van der Waals surface area contributed by atoms with Gasteiger partial charge in [0.15, 0.2) is 0 Å². The van der Waals surface area contributed by atoms with Crippen molar-refractivity contribution in [3.63, 3.8) is 0 Å². The Kier molecular flexibility index (Phi) is 16.3. The van der Waals surface area contributed by atoms with E-state index in [2.05, 4.69) is 164 Å². The molecule has 2 radical (unpaired) electrons. The summed E-state index contributed by atoms with van der Waals surface area (Å²) in [7, 11) is 11.0. The summed E-state index contributed by atoms with van der Waals surface area (Å²) in [5.41, 5.74) is 11.0. The number of hydrogen-bond donors (Lipinski definition) is 0. The monoisotopic (exact) mass is 740 g/mol. The Hall–Kier alpha value is -2.22. The van der Waals surface area contributed by atoms with Gasteiger partial charge >= 0.3 is 37.9 Å². The van der Waals surface area contributed by atoms with Crippen LogP contribution in [-0.4, -0.2) is 9.52 Å². The predicted molar refractivity (Wildman–Crippen MR) is 206 cm³/mol. The minimum absolute atomic E-state index is 0.702. The van der Waals surface area contributed by atoms with Crippen LogP contribution in [0.4, 0.5) is 0 Å². The quantitative estimate of drug-likeness (QED) is 0.118. The summed E-state index contributed by atoms with van der Waals surface area (Å²) in [6.07, 6.45) is 2.31. The summed E-state index contributed by atoms with van der Waals surface area (Å²) in [4.78, 5) is 0. The van der Waals surface area contributed by atoms with E-state index in [1.54, 1.807) is 0 Å². The molecule has 4 heteroatoms. The van der Waals surface area contributed by atoms with E-state index in [4.69, 9.17) is 17.0 Å². The van der Waals surface area contributed by atoms with Crippen molar-refractivity contribution in [2.75, 3.05) is 0 Å². The third-order valence-electron chi connectivity index (χ3n) is 7.73. The molecule has 0 aliphatic carbocycles. The first kappa shape index (κ1) is 38.2. The van der Waals surface area contributed by atoms with Gasteiger partial charge < -0.3 is 0 Å². The first-order valence-corrected chi connectivity index (χ1v) is 24.5. The normalized spacial score (nSPS) is 10.5. The van der Waals surface area contributed by atoms with Crippen LogP contribution in [0.25, 0.3) is 43.8 Å². The van der Waals surface area contributed by atoms with Gasteiger partial charge in [0.25, 0.3) is 0 Å². The van der Waals surface area contributed by atoms with Crippen LogP contribution in [0.15, 0.2) is 109 Å². The number of halogens is 2. The second-order valence-corrected chi connectivity index (χ2v) is 17.5. The summed E-state index contributed by atoms with van der Waals surface area (Å²) in [5, 5.41) is 5.52. The minimum atomic E-state index is -0.826. The molecular weight excluding hydrogens is 695 g/mol. The summed E-state index contributed by atoms with van der Waals surface area (Å²) < 4.78 is 0. The van der Waals surface area contributed by atoms with Gasteiger partial charge in [-0.25, -0.2) is 0 Å². The van der Waals surface area contributed by atoms with Gasteiger partial charge in [-0.15, -0.1) is 69.1 Å². The van der Waals surface area contributed by atoms with Crippen LogP contribution in [0, 0.1) is 25.7 Å². The first-order chi connectivity index (χ1) is 22.1. The molecule has 0 aliphatic rings. The molecule has 46 heavy (non-hydrogen) atoms. The standard InChI is InChI=1S/2C20H21.C2H6Si.2ClH.Zr/c2*1-14(2)11-16-12-18-10-9-15(3)20(19(18)13-16)17-7-5-4-6-8-17;1-3-2;;;/h2*4-10,12-14H,11H2,1-3H3;1-2H3;2*1H;/q2*-1;;;;+4/p-2. The van der Waals surface area contributed by atoms with Crippen molar-refractivity contribution in [2.45, 2.75) is 67.5 Å². The zero-order valence-corrected chi connectivity index (χ0v) is 33.7. The molecule has 0 spiro atoms. The number of fused-ring (bicyclic) bond motifs is 2. The number of aryl methyl sites for hydroxylation is 2. The van der Waals surface area contributed by atoms with Gasteiger partial charge in [-0.05, 0) is 49.7 Å². The van der Waals surface area contributed by atoms with Crippen molar-refractivity contribution in [2.24, 2.45) is 11.8 Å². The molecule has 0 N–H and O–H groups in total. The van der Waals surface area contributed by atoms with Crippen LogP contribution in [0.1, 0.15) is 49.9 Å². The fourth-order valence-corrected chi connectivity index (χ4v) is 6.06. The van der Waals surface area contributed by atoms with E-state index in [1.165, 1.54) is 66.1 Å². The van der Waals surface area contributed by atoms with Crippen molar-refractivity contribution in [1.82, 2.24) is 0 Å². The van der Waals surface area contributed by atoms with Crippen molar-refractivity contribution < 1.29 is 20.8 Å². The maximum atomic E-state index is 4.93. The topological polar surface area (TPSA) is 0 Å². The maximum absolute atomic E-state index is 4.93. The third kappa shape index (κ3) is 10.9. The Labute approximate surface area is 299 Å². The molecular formula is C42H48Cl2SiZr. The van der Waals surface area contributed by atoms with Crippen LogP contribution in [0.3, 0.4) is 0 Å². The van der Waals surface area contributed by atoms with Crippen LogP contribution in [0.2, 0.25) is 13.1 Å². The molecule has 238 valence electrons. The van der Waals surface area contributed by atoms with Crippen LogP contribution in [0.5, 0.6) is 0 Å². The second kappa shape index (κ2) is 19.6. The zero-order valence-electron chi connectivity index (χ0n) is 28.7. The van der Waals surface area contributed by atoms with Crippen molar-refractivity contribution in [1.29, 1.82) is 0 Å². The van der Waals surface area contributed by atoms with Gasteiger partial charge in [0.05, 0.1) is 0 Å². The summed E-state index contributed by atoms with van der Waals surface area (Å²) >= 11 is -0.826. The van der Waals surface area contributed by atoms with E-state index in [0.29, 0.717) is 11.8 Å². The summed E-state index contributed by atoms with van der Waals surface area (Å²) in [6, 6.07) is 39.9. The molecule has 0 fully saturated rings. The Bertz CT molecular complexity index is 1620. The Morgan fingerprint density at radius 1 is 0.587 bits per heavy atom. The van der Waals surface area contributed by atoms with Gasteiger partial charge in [-0.1, -0.05) is 124 Å². The average molecular weight is 743 g/mol. The number of benzene rings is 4. The van der Waals surface area contributed by atoms with E-state index in [9.17, 15) is 0 Å². The summed E-state index contributed by atoms with van der Waals surface area (Å²) in [6.45, 7) is 17.8. The van der Waals surface area contributed by atoms with Gasteiger partial charge in [0.2, 0.25) is 0 Å². The van der Waals surface area contributed by atoms with Crippen LogP contribution in [-0.2, 0) is 33.7 Å². The average Bonchev–Trinajstić information content (AvgIpc) is 3.61. The zero-order chi connectivity index (χ0) is 33.6. The Morgan fingerprint density at radius 2 is 0.913 bits per heavy atom. The molecule has 6 rings (SSSR count). The van der Waals surface area contributed by atoms with Crippen molar-refractivity contribution in [3.05, 3.63) is 131 Å². The molecule has 0 nitrogen and oxygen atoms in total. The van der Waals surface area contributed by atoms with E-state index in [0.717, 1.165) is 22.4 Å². The molecule has 0 aliphatic heterocycles. The van der Waals surface area contributed by atoms with Crippen molar-refractivity contribution in [3.8, 4) is 22.3 Å². The molecule has 6 aromatic carbocycles. The molecule has 6 aromatic rings. The van der Waals surface area contributed by atoms with Gasteiger partial charge in [0.1, 0.15) is 0 Å². The SMILES string of the molecule is C[Si]C.Cc1ccc2[cH-]c(CC(C)C)cc2c1-c1ccccc1.Cc1ccc2[cH-]c(CC(C)C)cc2c1-c1ccccc1.[Cl][Zr+2][Cl]. The Morgan fingerprint density at radius 3 is 1.22 bits per heavy atom.